The molecule has 1 aliphatic rings. The molecule has 0 radical (unpaired) electrons. The summed E-state index contributed by atoms with van der Waals surface area (Å²) < 4.78 is 12.4. The number of hydrogen-bond acceptors (Lipinski definition) is 8. The average Bonchev–Trinajstić information content (AvgIpc) is 3.14. The maximum Gasteiger partial charge on any atom is 0.181 e. The molecule has 5 rings (SSSR count). The van der Waals surface area contributed by atoms with Crippen LogP contribution in [-0.2, 0) is 4.74 Å². The molecule has 1 saturated heterocycles. The Bertz CT molecular complexity index is 1140. The standard InChI is InChI=1S/C21H19N5O2S/c22-21-25-17-3-2-15(12-19(17)29-21)28-16-5-6-23-18(11-16)14-1-4-20(24-13-14)26-7-9-27-10-8-26/h1-6,11-13H,7-10H2,(H2,22,25). The highest BCUT2D eigenvalue weighted by atomic mass is 32.1. The summed E-state index contributed by atoms with van der Waals surface area (Å²) >= 11 is 1.44. The number of anilines is 2. The minimum Gasteiger partial charge on any atom is -0.457 e. The van der Waals surface area contributed by atoms with Crippen LogP contribution in [0.25, 0.3) is 21.5 Å². The molecule has 0 unspecified atom stereocenters. The molecule has 4 heterocycles. The van der Waals surface area contributed by atoms with Gasteiger partial charge in [-0.1, -0.05) is 11.3 Å². The SMILES string of the molecule is Nc1nc2ccc(Oc3ccnc(-c4ccc(N5CCOCC5)nc4)c3)cc2s1. The maximum atomic E-state index is 6.03. The summed E-state index contributed by atoms with van der Waals surface area (Å²) in [6, 6.07) is 13.6. The molecule has 146 valence electrons. The van der Waals surface area contributed by atoms with Crippen molar-refractivity contribution in [2.45, 2.75) is 0 Å². The van der Waals surface area contributed by atoms with Crippen molar-refractivity contribution in [3.8, 4) is 22.8 Å². The van der Waals surface area contributed by atoms with Crippen LogP contribution >= 0.6 is 11.3 Å². The predicted octanol–water partition coefficient (Wildman–Crippen LogP) is 3.96. The van der Waals surface area contributed by atoms with Crippen molar-refractivity contribution in [3.63, 3.8) is 0 Å². The molecule has 0 amide bonds. The van der Waals surface area contributed by atoms with Crippen molar-refractivity contribution in [2.24, 2.45) is 0 Å². The van der Waals surface area contributed by atoms with E-state index in [0.29, 0.717) is 10.9 Å². The first-order chi connectivity index (χ1) is 14.2. The summed E-state index contributed by atoms with van der Waals surface area (Å²) in [6.45, 7) is 3.21. The van der Waals surface area contributed by atoms with Crippen molar-refractivity contribution < 1.29 is 9.47 Å². The van der Waals surface area contributed by atoms with Crippen LogP contribution in [0.15, 0.2) is 54.9 Å². The molecule has 0 aliphatic carbocycles. The number of nitrogens with two attached hydrogens (primary N) is 1. The number of nitrogens with zero attached hydrogens (tertiary/aromatic N) is 4. The fourth-order valence-corrected chi connectivity index (χ4v) is 4.03. The lowest BCUT2D eigenvalue weighted by Crippen LogP contribution is -2.36. The zero-order valence-electron chi connectivity index (χ0n) is 15.6. The van der Waals surface area contributed by atoms with Crippen LogP contribution in [0, 0.1) is 0 Å². The Hall–Kier alpha value is -3.23. The molecule has 4 aromatic rings. The van der Waals surface area contributed by atoms with Gasteiger partial charge >= 0.3 is 0 Å². The number of pyridine rings is 2. The number of morpholine rings is 1. The zero-order chi connectivity index (χ0) is 19.6. The first-order valence-corrected chi connectivity index (χ1v) is 10.2. The third-order valence-electron chi connectivity index (χ3n) is 4.72. The number of fused-ring (bicyclic) bond motifs is 1. The molecule has 1 fully saturated rings. The number of hydrogen-bond donors (Lipinski definition) is 1. The van der Waals surface area contributed by atoms with E-state index in [9.17, 15) is 0 Å². The van der Waals surface area contributed by atoms with Crippen LogP contribution in [0.5, 0.6) is 11.5 Å². The number of benzene rings is 1. The van der Waals surface area contributed by atoms with Crippen molar-refractivity contribution in [1.29, 1.82) is 0 Å². The van der Waals surface area contributed by atoms with E-state index < -0.39 is 0 Å². The fourth-order valence-electron chi connectivity index (χ4n) is 3.27. The van der Waals surface area contributed by atoms with E-state index >= 15 is 0 Å². The molecular formula is C21H19N5O2S. The lowest BCUT2D eigenvalue weighted by atomic mass is 10.2. The van der Waals surface area contributed by atoms with Crippen LogP contribution < -0.4 is 15.4 Å². The van der Waals surface area contributed by atoms with Crippen LogP contribution in [0.4, 0.5) is 10.9 Å². The van der Waals surface area contributed by atoms with Gasteiger partial charge < -0.3 is 20.1 Å². The monoisotopic (exact) mass is 405 g/mol. The van der Waals surface area contributed by atoms with Gasteiger partial charge in [-0.25, -0.2) is 9.97 Å². The topological polar surface area (TPSA) is 86.4 Å². The molecule has 0 spiro atoms. The molecule has 0 saturated carbocycles. The van der Waals surface area contributed by atoms with E-state index in [0.717, 1.165) is 59.3 Å². The Morgan fingerprint density at radius 1 is 1.00 bits per heavy atom. The van der Waals surface area contributed by atoms with Crippen LogP contribution in [-0.4, -0.2) is 41.3 Å². The van der Waals surface area contributed by atoms with Gasteiger partial charge in [-0.15, -0.1) is 0 Å². The van der Waals surface area contributed by atoms with Gasteiger partial charge in [-0.2, -0.15) is 0 Å². The van der Waals surface area contributed by atoms with Gasteiger partial charge in [0, 0.05) is 43.2 Å². The number of ether oxygens (including phenoxy) is 2. The molecule has 1 aromatic carbocycles. The number of nitrogen functional groups attached to an aromatic ring is 1. The summed E-state index contributed by atoms with van der Waals surface area (Å²) in [5.74, 6) is 2.41. The van der Waals surface area contributed by atoms with E-state index in [-0.39, 0.29) is 0 Å². The lowest BCUT2D eigenvalue weighted by molar-refractivity contribution is 0.122. The number of thiazole rings is 1. The summed E-state index contributed by atoms with van der Waals surface area (Å²) in [5, 5.41) is 0.552. The third kappa shape index (κ3) is 3.85. The van der Waals surface area contributed by atoms with Gasteiger partial charge in [0.1, 0.15) is 17.3 Å². The van der Waals surface area contributed by atoms with Gasteiger partial charge in [0.25, 0.3) is 0 Å². The molecule has 3 aromatic heterocycles. The van der Waals surface area contributed by atoms with Crippen LogP contribution in [0.3, 0.4) is 0 Å². The van der Waals surface area contributed by atoms with E-state index in [1.165, 1.54) is 11.3 Å². The summed E-state index contributed by atoms with van der Waals surface area (Å²) in [4.78, 5) is 15.6. The van der Waals surface area contributed by atoms with Gasteiger partial charge in [0.15, 0.2) is 5.13 Å². The Morgan fingerprint density at radius 3 is 2.69 bits per heavy atom. The summed E-state index contributed by atoms with van der Waals surface area (Å²) in [6.07, 6.45) is 3.59. The highest BCUT2D eigenvalue weighted by molar-refractivity contribution is 7.22. The smallest absolute Gasteiger partial charge is 0.181 e. The van der Waals surface area contributed by atoms with Crippen LogP contribution in [0.1, 0.15) is 0 Å². The summed E-state index contributed by atoms with van der Waals surface area (Å²) in [5.41, 5.74) is 8.41. The number of rotatable bonds is 4. The second-order valence-electron chi connectivity index (χ2n) is 6.66. The Kier molecular flexibility index (Phi) is 4.71. The van der Waals surface area contributed by atoms with E-state index in [2.05, 4.69) is 19.9 Å². The minimum absolute atomic E-state index is 0.552. The number of aromatic nitrogens is 3. The molecule has 8 heteroatoms. The normalized spacial score (nSPS) is 14.3. The molecular weight excluding hydrogens is 386 g/mol. The fraction of sp³-hybridized carbons (Fsp3) is 0.190. The van der Waals surface area contributed by atoms with Crippen molar-refractivity contribution in [2.75, 3.05) is 36.9 Å². The quantitative estimate of drug-likeness (QED) is 0.550. The van der Waals surface area contributed by atoms with Gasteiger partial charge in [-0.05, 0) is 30.3 Å². The van der Waals surface area contributed by atoms with E-state index in [1.807, 2.05) is 48.7 Å². The van der Waals surface area contributed by atoms with Crippen molar-refractivity contribution in [3.05, 3.63) is 54.9 Å². The zero-order valence-corrected chi connectivity index (χ0v) is 16.4. The van der Waals surface area contributed by atoms with Gasteiger partial charge in [-0.3, -0.25) is 4.98 Å². The second kappa shape index (κ2) is 7.65. The van der Waals surface area contributed by atoms with Crippen LogP contribution in [0.2, 0.25) is 0 Å². The minimum atomic E-state index is 0.552. The maximum absolute atomic E-state index is 6.03. The molecule has 7 nitrogen and oxygen atoms in total. The molecule has 1 aliphatic heterocycles. The van der Waals surface area contributed by atoms with Crippen molar-refractivity contribution in [1.82, 2.24) is 15.0 Å². The van der Waals surface area contributed by atoms with Gasteiger partial charge in [0.2, 0.25) is 0 Å². The Morgan fingerprint density at radius 2 is 1.86 bits per heavy atom. The van der Waals surface area contributed by atoms with Gasteiger partial charge in [0.05, 0.1) is 29.1 Å². The van der Waals surface area contributed by atoms with Crippen molar-refractivity contribution >= 4 is 32.5 Å². The molecule has 2 N–H and O–H groups in total. The first kappa shape index (κ1) is 17.8. The van der Waals surface area contributed by atoms with E-state index in [1.54, 1.807) is 6.20 Å². The average molecular weight is 405 g/mol. The molecule has 29 heavy (non-hydrogen) atoms. The Balaban J connectivity index is 1.35. The summed E-state index contributed by atoms with van der Waals surface area (Å²) in [7, 11) is 0. The van der Waals surface area contributed by atoms with E-state index in [4.69, 9.17) is 15.2 Å². The highest BCUT2D eigenvalue weighted by Gasteiger charge is 2.13. The first-order valence-electron chi connectivity index (χ1n) is 9.34. The highest BCUT2D eigenvalue weighted by Crippen LogP contribution is 2.31. The predicted molar refractivity (Wildman–Crippen MR) is 115 cm³/mol. The largest absolute Gasteiger partial charge is 0.457 e. The molecule has 0 bridgehead atoms. The third-order valence-corrected chi connectivity index (χ3v) is 5.57. The Labute approximate surface area is 171 Å². The lowest BCUT2D eigenvalue weighted by Gasteiger charge is -2.27. The molecule has 0 atom stereocenters. The second-order valence-corrected chi connectivity index (χ2v) is 7.73.